The minimum absolute atomic E-state index is 0.367. The molecule has 1 aromatic rings. The molecular weight excluding hydrogens is 190 g/mol. The van der Waals surface area contributed by atoms with E-state index in [-0.39, 0.29) is 0 Å². The Morgan fingerprint density at radius 2 is 2.53 bits per heavy atom. The zero-order valence-electron chi connectivity index (χ0n) is 9.49. The van der Waals surface area contributed by atoms with E-state index in [2.05, 4.69) is 22.0 Å². The Morgan fingerprint density at radius 1 is 1.67 bits per heavy atom. The zero-order valence-corrected chi connectivity index (χ0v) is 9.49. The van der Waals surface area contributed by atoms with Gasteiger partial charge in [0.05, 0.1) is 18.8 Å². The van der Waals surface area contributed by atoms with Crippen LogP contribution in [0.25, 0.3) is 0 Å². The van der Waals surface area contributed by atoms with Gasteiger partial charge in [-0.2, -0.15) is 5.10 Å². The quantitative estimate of drug-likeness (QED) is 0.807. The van der Waals surface area contributed by atoms with Crippen LogP contribution < -0.4 is 5.32 Å². The Kier molecular flexibility index (Phi) is 3.38. The second kappa shape index (κ2) is 4.77. The molecular formula is C11H19N3O. The van der Waals surface area contributed by atoms with Crippen LogP contribution in [-0.2, 0) is 17.8 Å². The fourth-order valence-electron chi connectivity index (χ4n) is 2.01. The first-order chi connectivity index (χ1) is 7.31. The number of rotatable bonds is 4. The van der Waals surface area contributed by atoms with Gasteiger partial charge in [-0.3, -0.25) is 4.68 Å². The molecule has 0 aromatic carbocycles. The number of aromatic nitrogens is 2. The van der Waals surface area contributed by atoms with Crippen LogP contribution in [0.1, 0.15) is 24.1 Å². The highest BCUT2D eigenvalue weighted by molar-refractivity contribution is 5.15. The molecule has 1 aromatic heterocycles. The molecule has 4 heteroatoms. The number of ether oxygens (including phenoxy) is 1. The monoisotopic (exact) mass is 209 g/mol. The SMILES string of the molecule is CNCc1cnn(CC2CCCO2)c1C. The molecule has 1 fully saturated rings. The number of hydrogen-bond acceptors (Lipinski definition) is 3. The topological polar surface area (TPSA) is 39.1 Å². The van der Waals surface area contributed by atoms with Crippen molar-refractivity contribution in [3.8, 4) is 0 Å². The molecule has 2 rings (SSSR count). The largest absolute Gasteiger partial charge is 0.376 e. The van der Waals surface area contributed by atoms with Gasteiger partial charge in [-0.25, -0.2) is 0 Å². The molecule has 0 spiro atoms. The summed E-state index contributed by atoms with van der Waals surface area (Å²) >= 11 is 0. The lowest BCUT2D eigenvalue weighted by atomic mass is 10.2. The highest BCUT2D eigenvalue weighted by atomic mass is 16.5. The third kappa shape index (κ3) is 2.38. The van der Waals surface area contributed by atoms with Crippen LogP contribution in [0, 0.1) is 6.92 Å². The minimum Gasteiger partial charge on any atom is -0.376 e. The fraction of sp³-hybridized carbons (Fsp3) is 0.727. The van der Waals surface area contributed by atoms with Crippen LogP contribution in [0.5, 0.6) is 0 Å². The van der Waals surface area contributed by atoms with Gasteiger partial charge in [0.2, 0.25) is 0 Å². The molecule has 0 radical (unpaired) electrons. The van der Waals surface area contributed by atoms with E-state index in [9.17, 15) is 0 Å². The van der Waals surface area contributed by atoms with Crippen LogP contribution in [0.4, 0.5) is 0 Å². The molecule has 15 heavy (non-hydrogen) atoms. The fourth-order valence-corrected chi connectivity index (χ4v) is 2.01. The molecule has 4 nitrogen and oxygen atoms in total. The highest BCUT2D eigenvalue weighted by Gasteiger charge is 2.17. The molecule has 0 aliphatic carbocycles. The van der Waals surface area contributed by atoms with Crippen molar-refractivity contribution in [3.63, 3.8) is 0 Å². The van der Waals surface area contributed by atoms with Crippen molar-refractivity contribution in [1.82, 2.24) is 15.1 Å². The van der Waals surface area contributed by atoms with E-state index < -0.39 is 0 Å². The summed E-state index contributed by atoms with van der Waals surface area (Å²) in [5.74, 6) is 0. The zero-order chi connectivity index (χ0) is 10.7. The van der Waals surface area contributed by atoms with E-state index in [1.54, 1.807) is 0 Å². The summed E-state index contributed by atoms with van der Waals surface area (Å²) in [4.78, 5) is 0. The summed E-state index contributed by atoms with van der Waals surface area (Å²) in [5.41, 5.74) is 2.52. The molecule has 1 aliphatic rings. The lowest BCUT2D eigenvalue weighted by Gasteiger charge is -2.11. The van der Waals surface area contributed by atoms with Crippen LogP contribution in [0.15, 0.2) is 6.20 Å². The summed E-state index contributed by atoms with van der Waals surface area (Å²) in [6.07, 6.45) is 4.67. The molecule has 0 saturated carbocycles. The second-order valence-corrected chi connectivity index (χ2v) is 4.10. The van der Waals surface area contributed by atoms with Crippen LogP contribution in [0.3, 0.4) is 0 Å². The lowest BCUT2D eigenvalue weighted by Crippen LogP contribution is -2.17. The third-order valence-corrected chi connectivity index (χ3v) is 2.97. The van der Waals surface area contributed by atoms with Crippen molar-refractivity contribution < 1.29 is 4.74 Å². The third-order valence-electron chi connectivity index (χ3n) is 2.97. The molecule has 1 N–H and O–H groups in total. The normalized spacial score (nSPS) is 21.1. The number of nitrogens with zero attached hydrogens (tertiary/aromatic N) is 2. The van der Waals surface area contributed by atoms with Gasteiger partial charge in [-0.1, -0.05) is 0 Å². The van der Waals surface area contributed by atoms with E-state index in [0.717, 1.165) is 19.7 Å². The van der Waals surface area contributed by atoms with Crippen LogP contribution in [-0.4, -0.2) is 29.5 Å². The van der Waals surface area contributed by atoms with Crippen molar-refractivity contribution in [1.29, 1.82) is 0 Å². The standard InChI is InChI=1S/C11H19N3O/c1-9-10(6-12-2)7-13-14(9)8-11-4-3-5-15-11/h7,11-12H,3-6,8H2,1-2H3. The smallest absolute Gasteiger partial charge is 0.0771 e. The Labute approximate surface area is 90.6 Å². The van der Waals surface area contributed by atoms with E-state index >= 15 is 0 Å². The first-order valence-corrected chi connectivity index (χ1v) is 5.58. The average Bonchev–Trinajstić information content (AvgIpc) is 2.83. The van der Waals surface area contributed by atoms with E-state index in [0.29, 0.717) is 6.10 Å². The van der Waals surface area contributed by atoms with Gasteiger partial charge in [0.15, 0.2) is 0 Å². The first kappa shape index (κ1) is 10.6. The summed E-state index contributed by atoms with van der Waals surface area (Å²) in [7, 11) is 1.96. The second-order valence-electron chi connectivity index (χ2n) is 4.10. The van der Waals surface area contributed by atoms with E-state index in [4.69, 9.17) is 4.74 Å². The van der Waals surface area contributed by atoms with Gasteiger partial charge < -0.3 is 10.1 Å². The predicted molar refractivity (Wildman–Crippen MR) is 58.7 cm³/mol. The van der Waals surface area contributed by atoms with Gasteiger partial charge >= 0.3 is 0 Å². The molecule has 1 saturated heterocycles. The van der Waals surface area contributed by atoms with Crippen LogP contribution >= 0.6 is 0 Å². The van der Waals surface area contributed by atoms with Crippen molar-refractivity contribution in [2.75, 3.05) is 13.7 Å². The Morgan fingerprint density at radius 3 is 3.20 bits per heavy atom. The minimum atomic E-state index is 0.367. The van der Waals surface area contributed by atoms with Crippen molar-refractivity contribution >= 4 is 0 Å². The molecule has 1 unspecified atom stereocenters. The summed E-state index contributed by atoms with van der Waals surface area (Å²) in [6.45, 7) is 4.82. The maximum Gasteiger partial charge on any atom is 0.0771 e. The van der Waals surface area contributed by atoms with Crippen molar-refractivity contribution in [3.05, 3.63) is 17.5 Å². The maximum atomic E-state index is 5.60. The molecule has 0 bridgehead atoms. The predicted octanol–water partition coefficient (Wildman–Crippen LogP) is 1.09. The van der Waals surface area contributed by atoms with Gasteiger partial charge in [-0.15, -0.1) is 0 Å². The average molecular weight is 209 g/mol. The van der Waals surface area contributed by atoms with E-state index in [1.165, 1.54) is 24.1 Å². The molecule has 1 atom stereocenters. The molecule has 2 heterocycles. The van der Waals surface area contributed by atoms with Crippen molar-refractivity contribution in [2.24, 2.45) is 0 Å². The highest BCUT2D eigenvalue weighted by Crippen LogP contribution is 2.15. The Balaban J connectivity index is 2.01. The summed E-state index contributed by atoms with van der Waals surface area (Å²) in [6, 6.07) is 0. The van der Waals surface area contributed by atoms with Crippen LogP contribution in [0.2, 0.25) is 0 Å². The molecule has 84 valence electrons. The summed E-state index contributed by atoms with van der Waals surface area (Å²) in [5, 5.41) is 7.54. The van der Waals surface area contributed by atoms with E-state index in [1.807, 2.05) is 13.2 Å². The van der Waals surface area contributed by atoms with Crippen molar-refractivity contribution in [2.45, 2.75) is 39.0 Å². The van der Waals surface area contributed by atoms with Gasteiger partial charge in [-0.05, 0) is 26.8 Å². The molecule has 1 aliphatic heterocycles. The summed E-state index contributed by atoms with van der Waals surface area (Å²) < 4.78 is 7.66. The Bertz CT molecular complexity index is 316. The lowest BCUT2D eigenvalue weighted by molar-refractivity contribution is 0.0934. The molecule has 0 amide bonds. The maximum absolute atomic E-state index is 5.60. The Hall–Kier alpha value is -0.870. The van der Waals surface area contributed by atoms with Gasteiger partial charge in [0.1, 0.15) is 0 Å². The van der Waals surface area contributed by atoms with Gasteiger partial charge in [0.25, 0.3) is 0 Å². The number of nitrogens with one attached hydrogen (secondary N) is 1. The number of hydrogen-bond donors (Lipinski definition) is 1. The first-order valence-electron chi connectivity index (χ1n) is 5.58. The van der Waals surface area contributed by atoms with Gasteiger partial charge in [0, 0.05) is 24.4 Å².